The van der Waals surface area contributed by atoms with E-state index in [9.17, 15) is 14.0 Å². The minimum absolute atomic E-state index is 0.149. The lowest BCUT2D eigenvalue weighted by Crippen LogP contribution is -2.51. The molecule has 1 N–H and O–H groups in total. The zero-order valence-corrected chi connectivity index (χ0v) is 23.2. The normalized spacial score (nSPS) is 13.3. The second-order valence-corrected chi connectivity index (χ2v) is 10.2. The van der Waals surface area contributed by atoms with Crippen molar-refractivity contribution in [2.45, 2.75) is 6.92 Å². The third-order valence-corrected chi connectivity index (χ3v) is 7.38. The van der Waals surface area contributed by atoms with Gasteiger partial charge in [-0.3, -0.25) is 4.79 Å². The first kappa shape index (κ1) is 26.5. The molecule has 0 spiro atoms. The van der Waals surface area contributed by atoms with Crippen molar-refractivity contribution >= 4 is 33.6 Å². The summed E-state index contributed by atoms with van der Waals surface area (Å²) in [5.41, 5.74) is 3.74. The molecule has 200 valence electrons. The molecule has 1 aliphatic rings. The van der Waals surface area contributed by atoms with E-state index in [1.54, 1.807) is 39.7 Å². The average molecular weight is 591 g/mol. The number of halogens is 2. The summed E-state index contributed by atoms with van der Waals surface area (Å²) in [4.78, 5) is 29.9. The fourth-order valence-electron chi connectivity index (χ4n) is 4.79. The molecule has 0 unspecified atom stereocenters. The number of carbonyl (C=O) groups excluding carboxylic acids is 2. The molecule has 0 radical (unpaired) electrons. The lowest BCUT2D eigenvalue weighted by atomic mass is 10.1. The lowest BCUT2D eigenvalue weighted by Gasteiger charge is -2.34. The van der Waals surface area contributed by atoms with E-state index < -0.39 is 0 Å². The van der Waals surface area contributed by atoms with Crippen molar-refractivity contribution in [1.29, 1.82) is 0 Å². The molecule has 39 heavy (non-hydrogen) atoms. The molecule has 0 bridgehead atoms. The van der Waals surface area contributed by atoms with Gasteiger partial charge in [-0.05, 0) is 73.2 Å². The van der Waals surface area contributed by atoms with Crippen LogP contribution in [0.1, 0.15) is 16.1 Å². The number of amides is 3. The van der Waals surface area contributed by atoms with Crippen LogP contribution in [0.25, 0.3) is 16.9 Å². The largest absolute Gasteiger partial charge is 0.497 e. The summed E-state index contributed by atoms with van der Waals surface area (Å²) in [6.45, 7) is 3.43. The van der Waals surface area contributed by atoms with Crippen molar-refractivity contribution in [3.63, 3.8) is 0 Å². The molecule has 0 saturated carbocycles. The highest BCUT2D eigenvalue weighted by Crippen LogP contribution is 2.32. The zero-order valence-electron chi connectivity index (χ0n) is 21.7. The number of aromatic nitrogens is 1. The van der Waals surface area contributed by atoms with Gasteiger partial charge >= 0.3 is 6.03 Å². The van der Waals surface area contributed by atoms with Crippen molar-refractivity contribution in [3.05, 3.63) is 100 Å². The number of urea groups is 1. The van der Waals surface area contributed by atoms with Crippen molar-refractivity contribution in [1.82, 2.24) is 14.4 Å². The highest BCUT2D eigenvalue weighted by Gasteiger charge is 2.28. The number of ether oxygens (including phenoxy) is 1. The van der Waals surface area contributed by atoms with Gasteiger partial charge in [0.2, 0.25) is 0 Å². The molecule has 5 rings (SSSR count). The number of benzene rings is 3. The molecule has 1 aromatic heterocycles. The maximum Gasteiger partial charge on any atom is 0.321 e. The van der Waals surface area contributed by atoms with Crippen LogP contribution < -0.4 is 10.1 Å². The van der Waals surface area contributed by atoms with Crippen LogP contribution in [0.2, 0.25) is 0 Å². The highest BCUT2D eigenvalue weighted by molar-refractivity contribution is 9.10. The van der Waals surface area contributed by atoms with Crippen LogP contribution in [0.5, 0.6) is 5.75 Å². The number of hydrogen-bond donors (Lipinski definition) is 1. The maximum atomic E-state index is 14.9. The predicted octanol–water partition coefficient (Wildman–Crippen LogP) is 6.35. The van der Waals surface area contributed by atoms with Crippen LogP contribution in [0, 0.1) is 12.7 Å². The van der Waals surface area contributed by atoms with Crippen LogP contribution >= 0.6 is 15.9 Å². The number of hydrogen-bond acceptors (Lipinski definition) is 3. The van der Waals surface area contributed by atoms with Gasteiger partial charge in [0, 0.05) is 42.0 Å². The number of nitrogens with one attached hydrogen (secondary N) is 1. The first-order chi connectivity index (χ1) is 18.9. The predicted molar refractivity (Wildman–Crippen MR) is 153 cm³/mol. The van der Waals surface area contributed by atoms with Crippen LogP contribution in [0.3, 0.4) is 0 Å². The topological polar surface area (TPSA) is 66.8 Å². The number of carbonyl (C=O) groups is 2. The second-order valence-electron chi connectivity index (χ2n) is 9.26. The van der Waals surface area contributed by atoms with Crippen molar-refractivity contribution in [3.8, 4) is 22.7 Å². The third-order valence-electron chi connectivity index (χ3n) is 6.89. The van der Waals surface area contributed by atoms with E-state index in [1.807, 2.05) is 61.5 Å². The molecule has 1 fully saturated rings. The average Bonchev–Trinajstić information content (AvgIpc) is 3.29. The first-order valence-corrected chi connectivity index (χ1v) is 13.4. The molecule has 9 heteroatoms. The van der Waals surface area contributed by atoms with E-state index >= 15 is 0 Å². The summed E-state index contributed by atoms with van der Waals surface area (Å²) in [5, 5.41) is 2.90. The Bertz CT molecular complexity index is 1510. The van der Waals surface area contributed by atoms with Gasteiger partial charge in [-0.15, -0.1) is 0 Å². The smallest absolute Gasteiger partial charge is 0.321 e. The fourth-order valence-corrected chi connectivity index (χ4v) is 5.19. The van der Waals surface area contributed by atoms with E-state index in [4.69, 9.17) is 4.74 Å². The van der Waals surface area contributed by atoms with Crippen LogP contribution in [0.15, 0.2) is 83.3 Å². The Morgan fingerprint density at radius 3 is 2.26 bits per heavy atom. The molecule has 7 nitrogen and oxygen atoms in total. The van der Waals surface area contributed by atoms with Crippen molar-refractivity contribution < 1.29 is 18.7 Å². The van der Waals surface area contributed by atoms with Gasteiger partial charge in [0.05, 0.1) is 24.1 Å². The van der Waals surface area contributed by atoms with Gasteiger partial charge in [0.15, 0.2) is 0 Å². The van der Waals surface area contributed by atoms with Crippen molar-refractivity contribution in [2.24, 2.45) is 0 Å². The number of piperazine rings is 1. The van der Waals surface area contributed by atoms with Crippen LogP contribution in [-0.4, -0.2) is 59.6 Å². The second kappa shape index (κ2) is 11.3. The summed E-state index contributed by atoms with van der Waals surface area (Å²) in [6.07, 6.45) is 0. The molecule has 3 amide bonds. The standard InChI is InChI=1S/C30H28BrFN4O3/c1-20-25(29(37)34-14-16-35(17-15-34)30(38)33-23-7-5-6-22(31)18-23)19-28(21-10-12-24(39-2)13-11-21)36(20)27-9-4-3-8-26(27)32/h3-13,18-19H,14-17H2,1-2H3,(H,33,38). The summed E-state index contributed by atoms with van der Waals surface area (Å²) >= 11 is 3.41. The first-order valence-electron chi connectivity index (χ1n) is 12.6. The minimum Gasteiger partial charge on any atom is -0.497 e. The van der Waals surface area contributed by atoms with E-state index in [0.717, 1.165) is 10.0 Å². The molecular formula is C30H28BrFN4O3. The summed E-state index contributed by atoms with van der Waals surface area (Å²) in [5.74, 6) is 0.178. The lowest BCUT2D eigenvalue weighted by molar-refractivity contribution is 0.0671. The van der Waals surface area contributed by atoms with E-state index in [2.05, 4.69) is 21.2 Å². The summed E-state index contributed by atoms with van der Waals surface area (Å²) in [7, 11) is 1.60. The van der Waals surface area contributed by atoms with Gasteiger partial charge in [-0.1, -0.05) is 34.1 Å². The van der Waals surface area contributed by atoms with Crippen LogP contribution in [0.4, 0.5) is 14.9 Å². The number of rotatable bonds is 5. The van der Waals surface area contributed by atoms with E-state index in [-0.39, 0.29) is 17.8 Å². The zero-order chi connectivity index (χ0) is 27.5. The maximum absolute atomic E-state index is 14.9. The van der Waals surface area contributed by atoms with E-state index in [0.29, 0.717) is 60.3 Å². The third kappa shape index (κ3) is 5.54. The molecule has 0 aliphatic carbocycles. The molecule has 1 aliphatic heterocycles. The molecule has 3 aromatic carbocycles. The Balaban J connectivity index is 1.38. The molecule has 4 aromatic rings. The fraction of sp³-hybridized carbons (Fsp3) is 0.200. The minimum atomic E-state index is -0.380. The number of para-hydroxylation sites is 1. The van der Waals surface area contributed by atoms with Gasteiger partial charge in [0.1, 0.15) is 11.6 Å². The van der Waals surface area contributed by atoms with Crippen molar-refractivity contribution in [2.75, 3.05) is 38.6 Å². The Hall–Kier alpha value is -4.11. The van der Waals surface area contributed by atoms with Gasteiger partial charge in [-0.2, -0.15) is 0 Å². The molecular weight excluding hydrogens is 563 g/mol. The Morgan fingerprint density at radius 1 is 0.897 bits per heavy atom. The highest BCUT2D eigenvalue weighted by atomic mass is 79.9. The summed E-state index contributed by atoms with van der Waals surface area (Å²) < 4.78 is 22.9. The Kier molecular flexibility index (Phi) is 7.70. The molecule has 0 atom stereocenters. The van der Waals surface area contributed by atoms with Gasteiger partial charge in [-0.25, -0.2) is 9.18 Å². The SMILES string of the molecule is COc1ccc(-c2cc(C(=O)N3CCN(C(=O)Nc4cccc(Br)c4)CC3)c(C)n2-c2ccccc2F)cc1. The number of anilines is 1. The van der Waals surface area contributed by atoms with Gasteiger partial charge < -0.3 is 24.4 Å². The number of nitrogens with zero attached hydrogens (tertiary/aromatic N) is 3. The Morgan fingerprint density at radius 2 is 1.59 bits per heavy atom. The van der Waals surface area contributed by atoms with E-state index in [1.165, 1.54) is 6.07 Å². The number of methoxy groups -OCH3 is 1. The van der Waals surface area contributed by atoms with Crippen LogP contribution in [-0.2, 0) is 0 Å². The monoisotopic (exact) mass is 590 g/mol. The van der Waals surface area contributed by atoms with Gasteiger partial charge in [0.25, 0.3) is 5.91 Å². The Labute approximate surface area is 234 Å². The quantitative estimate of drug-likeness (QED) is 0.294. The molecule has 2 heterocycles. The summed E-state index contributed by atoms with van der Waals surface area (Å²) in [6, 6.07) is 23.0. The molecule has 1 saturated heterocycles.